The third kappa shape index (κ3) is 5.52. The number of benzene rings is 2. The first-order valence-electron chi connectivity index (χ1n) is 9.28. The van der Waals surface area contributed by atoms with Crippen molar-refractivity contribution in [2.45, 2.75) is 23.8 Å². The van der Waals surface area contributed by atoms with Crippen LogP contribution in [0.4, 0.5) is 0 Å². The van der Waals surface area contributed by atoms with E-state index in [2.05, 4.69) is 5.32 Å². The number of primary sulfonamides is 1. The number of nitrogens with zero attached hydrogens (tertiary/aromatic N) is 1. The van der Waals surface area contributed by atoms with Gasteiger partial charge in [-0.1, -0.05) is 42.5 Å². The van der Waals surface area contributed by atoms with Gasteiger partial charge in [0.05, 0.1) is 4.90 Å². The molecule has 1 saturated heterocycles. The normalized spacial score (nSPS) is 16.4. The molecule has 8 heteroatoms. The minimum Gasteiger partial charge on any atom is -0.354 e. The van der Waals surface area contributed by atoms with Gasteiger partial charge in [0.1, 0.15) is 6.04 Å². The van der Waals surface area contributed by atoms with Gasteiger partial charge in [-0.15, -0.1) is 0 Å². The van der Waals surface area contributed by atoms with E-state index in [1.807, 2.05) is 30.3 Å². The zero-order valence-corrected chi connectivity index (χ0v) is 16.6. The van der Waals surface area contributed by atoms with Gasteiger partial charge in [0.15, 0.2) is 0 Å². The van der Waals surface area contributed by atoms with Crippen molar-refractivity contribution in [2.75, 3.05) is 13.1 Å². The number of hydrogen-bond acceptors (Lipinski definition) is 4. The number of likely N-dealkylation sites (tertiary alicyclic amines) is 1. The number of carbonyl (C=O) groups excluding carboxylic acids is 2. The summed E-state index contributed by atoms with van der Waals surface area (Å²) in [7, 11) is -3.71. The van der Waals surface area contributed by atoms with Crippen LogP contribution in [0.15, 0.2) is 65.6 Å². The topological polar surface area (TPSA) is 110 Å². The van der Waals surface area contributed by atoms with Crippen LogP contribution in [0.5, 0.6) is 0 Å². The Morgan fingerprint density at radius 1 is 1.10 bits per heavy atom. The first-order valence-corrected chi connectivity index (χ1v) is 10.8. The predicted molar refractivity (Wildman–Crippen MR) is 110 cm³/mol. The summed E-state index contributed by atoms with van der Waals surface area (Å²) in [5, 5.41) is 7.91. The molecule has 29 heavy (non-hydrogen) atoms. The molecule has 0 bridgehead atoms. The van der Waals surface area contributed by atoms with Crippen molar-refractivity contribution in [3.05, 3.63) is 71.8 Å². The lowest BCUT2D eigenvalue weighted by molar-refractivity contribution is -0.143. The van der Waals surface area contributed by atoms with Crippen molar-refractivity contribution in [1.29, 1.82) is 0 Å². The molecule has 2 aromatic rings. The summed E-state index contributed by atoms with van der Waals surface area (Å²) in [6.45, 7) is 0.955. The van der Waals surface area contributed by atoms with Gasteiger partial charge >= 0.3 is 0 Å². The second kappa shape index (κ2) is 9.02. The molecule has 1 fully saturated rings. The highest BCUT2D eigenvalue weighted by molar-refractivity contribution is 7.89. The molecule has 2 aromatic carbocycles. The zero-order valence-electron chi connectivity index (χ0n) is 15.8. The molecule has 152 valence electrons. The average molecular weight is 413 g/mol. The average Bonchev–Trinajstić information content (AvgIpc) is 2.66. The van der Waals surface area contributed by atoms with Gasteiger partial charge in [-0.05, 0) is 42.2 Å². The first-order chi connectivity index (χ1) is 13.8. The van der Waals surface area contributed by atoms with E-state index in [4.69, 9.17) is 5.14 Å². The largest absolute Gasteiger partial charge is 0.354 e. The Labute approximate surface area is 170 Å². The van der Waals surface area contributed by atoms with Crippen LogP contribution < -0.4 is 10.5 Å². The van der Waals surface area contributed by atoms with Crippen molar-refractivity contribution >= 4 is 27.9 Å². The van der Waals surface area contributed by atoms with Crippen molar-refractivity contribution < 1.29 is 18.0 Å². The van der Waals surface area contributed by atoms with Crippen molar-refractivity contribution in [3.8, 4) is 0 Å². The van der Waals surface area contributed by atoms with Gasteiger partial charge in [-0.25, -0.2) is 13.6 Å². The molecule has 0 radical (unpaired) electrons. The minimum absolute atomic E-state index is 0.0532. The zero-order chi connectivity index (χ0) is 20.9. The molecule has 0 spiro atoms. The fourth-order valence-corrected chi connectivity index (χ4v) is 3.56. The van der Waals surface area contributed by atoms with Crippen LogP contribution >= 0.6 is 0 Å². The highest BCUT2D eigenvalue weighted by Gasteiger charge is 2.36. The molecular formula is C21H23N3O4S. The van der Waals surface area contributed by atoms with E-state index in [1.165, 1.54) is 18.2 Å². The smallest absolute Gasteiger partial charge is 0.247 e. The quantitative estimate of drug-likeness (QED) is 0.667. The summed E-state index contributed by atoms with van der Waals surface area (Å²) in [5.41, 5.74) is 1.81. The van der Waals surface area contributed by atoms with E-state index in [-0.39, 0.29) is 16.7 Å². The van der Waals surface area contributed by atoms with Gasteiger partial charge in [0.25, 0.3) is 0 Å². The Kier molecular flexibility index (Phi) is 6.46. The van der Waals surface area contributed by atoms with E-state index in [1.54, 1.807) is 23.1 Å². The van der Waals surface area contributed by atoms with Crippen molar-refractivity contribution in [2.24, 2.45) is 5.14 Å². The molecule has 3 rings (SSSR count). The van der Waals surface area contributed by atoms with E-state index in [0.29, 0.717) is 25.9 Å². The Morgan fingerprint density at radius 3 is 2.38 bits per heavy atom. The number of rotatable bonds is 7. The summed E-state index contributed by atoms with van der Waals surface area (Å²) in [6.07, 6.45) is 4.41. The molecule has 3 N–H and O–H groups in total. The standard InChI is InChI=1S/C21H23N3O4S/c22-29(27,28)18-9-6-17(7-10-18)12-14-23-21(26)19-13-15-24(19)20(25)11-8-16-4-2-1-3-5-16/h1-11,19H,12-15H2,(H,23,26)(H2,22,27,28). The van der Waals surface area contributed by atoms with Gasteiger partial charge in [0, 0.05) is 19.2 Å². The van der Waals surface area contributed by atoms with E-state index >= 15 is 0 Å². The molecular weight excluding hydrogens is 390 g/mol. The van der Waals surface area contributed by atoms with Crippen molar-refractivity contribution in [3.63, 3.8) is 0 Å². The lowest BCUT2D eigenvalue weighted by Crippen LogP contribution is -2.58. The van der Waals surface area contributed by atoms with Gasteiger partial charge in [0.2, 0.25) is 21.8 Å². The molecule has 1 aliphatic heterocycles. The minimum atomic E-state index is -3.71. The van der Waals surface area contributed by atoms with Crippen LogP contribution in [0, 0.1) is 0 Å². The highest BCUT2D eigenvalue weighted by Crippen LogP contribution is 2.18. The third-order valence-electron chi connectivity index (χ3n) is 4.79. The Bertz CT molecular complexity index is 1000. The molecule has 1 unspecified atom stereocenters. The van der Waals surface area contributed by atoms with Crippen molar-refractivity contribution in [1.82, 2.24) is 10.2 Å². The van der Waals surface area contributed by atoms with Crippen LogP contribution in [0.3, 0.4) is 0 Å². The van der Waals surface area contributed by atoms with Crippen LogP contribution in [-0.4, -0.2) is 44.3 Å². The molecule has 1 atom stereocenters. The maximum absolute atomic E-state index is 12.4. The van der Waals surface area contributed by atoms with Crippen LogP contribution in [0.1, 0.15) is 17.5 Å². The SMILES string of the molecule is NS(=O)(=O)c1ccc(CCNC(=O)C2CCN2C(=O)C=Cc2ccccc2)cc1. The molecule has 0 saturated carbocycles. The van der Waals surface area contributed by atoms with Crippen LogP contribution in [-0.2, 0) is 26.0 Å². The Hall–Kier alpha value is -2.97. The lowest BCUT2D eigenvalue weighted by atomic mass is 10.0. The van der Waals surface area contributed by atoms with Gasteiger partial charge in [-0.3, -0.25) is 9.59 Å². The van der Waals surface area contributed by atoms with E-state index in [0.717, 1.165) is 11.1 Å². The predicted octanol–water partition coefficient (Wildman–Crippen LogP) is 1.31. The molecule has 1 aliphatic rings. The molecule has 2 amide bonds. The summed E-state index contributed by atoms with van der Waals surface area (Å²) in [5.74, 6) is -0.363. The lowest BCUT2D eigenvalue weighted by Gasteiger charge is -2.39. The summed E-state index contributed by atoms with van der Waals surface area (Å²) >= 11 is 0. The number of nitrogens with one attached hydrogen (secondary N) is 1. The Balaban J connectivity index is 1.47. The maximum Gasteiger partial charge on any atom is 0.247 e. The maximum atomic E-state index is 12.4. The Morgan fingerprint density at radius 2 is 1.79 bits per heavy atom. The fourth-order valence-electron chi connectivity index (χ4n) is 3.04. The molecule has 1 heterocycles. The number of sulfonamides is 1. The fraction of sp³-hybridized carbons (Fsp3) is 0.238. The van der Waals surface area contributed by atoms with E-state index < -0.39 is 16.1 Å². The summed E-state index contributed by atoms with van der Waals surface area (Å²) < 4.78 is 22.5. The molecule has 7 nitrogen and oxygen atoms in total. The first kappa shape index (κ1) is 20.8. The van der Waals surface area contributed by atoms with Gasteiger partial charge < -0.3 is 10.2 Å². The monoisotopic (exact) mass is 413 g/mol. The van der Waals surface area contributed by atoms with Gasteiger partial charge in [-0.2, -0.15) is 0 Å². The van der Waals surface area contributed by atoms with Crippen LogP contribution in [0.25, 0.3) is 6.08 Å². The summed E-state index contributed by atoms with van der Waals surface area (Å²) in [6, 6.07) is 15.3. The highest BCUT2D eigenvalue weighted by atomic mass is 32.2. The third-order valence-corrected chi connectivity index (χ3v) is 5.72. The number of hydrogen-bond donors (Lipinski definition) is 2. The summed E-state index contributed by atoms with van der Waals surface area (Å²) in [4.78, 5) is 26.3. The second-order valence-corrected chi connectivity index (χ2v) is 8.37. The molecule has 0 aromatic heterocycles. The van der Waals surface area contributed by atoms with E-state index in [9.17, 15) is 18.0 Å². The molecule has 0 aliphatic carbocycles. The number of nitrogens with two attached hydrogens (primary N) is 1. The number of carbonyl (C=O) groups is 2. The van der Waals surface area contributed by atoms with Crippen LogP contribution in [0.2, 0.25) is 0 Å². The second-order valence-electron chi connectivity index (χ2n) is 6.81. The number of amides is 2.